The molecule has 1 saturated carbocycles. The minimum Gasteiger partial charge on any atom is -0.337 e. The zero-order valence-electron chi connectivity index (χ0n) is 9.47. The molecule has 1 aromatic heterocycles. The van der Waals surface area contributed by atoms with Crippen LogP contribution in [0.4, 0.5) is 0 Å². The summed E-state index contributed by atoms with van der Waals surface area (Å²) in [5, 5.41) is 7.87. The maximum absolute atomic E-state index is 12.2. The molecule has 0 aromatic carbocycles. The first-order chi connectivity index (χ1) is 8.24. The van der Waals surface area contributed by atoms with Crippen molar-refractivity contribution in [2.45, 2.75) is 19.3 Å². The summed E-state index contributed by atoms with van der Waals surface area (Å²) in [4.78, 5) is 14.1. The quantitative estimate of drug-likeness (QED) is 0.767. The Morgan fingerprint density at radius 3 is 2.53 bits per heavy atom. The molecule has 2 heterocycles. The first-order valence-corrected chi connectivity index (χ1v) is 6.40. The summed E-state index contributed by atoms with van der Waals surface area (Å²) in [7, 11) is 0. The minimum atomic E-state index is -0.0106. The van der Waals surface area contributed by atoms with E-state index >= 15 is 0 Å². The average Bonchev–Trinajstić information content (AvgIpc) is 2.89. The van der Waals surface area contributed by atoms with Crippen LogP contribution in [-0.2, 0) is 0 Å². The van der Waals surface area contributed by atoms with Crippen molar-refractivity contribution in [1.29, 1.82) is 0 Å². The summed E-state index contributed by atoms with van der Waals surface area (Å²) < 4.78 is 0. The van der Waals surface area contributed by atoms with Crippen LogP contribution in [0.5, 0.6) is 0 Å². The number of carbonyl (C=O) groups is 1. The molecule has 0 spiro atoms. The zero-order chi connectivity index (χ0) is 11.8. The van der Waals surface area contributed by atoms with Gasteiger partial charge in [-0.2, -0.15) is 0 Å². The number of likely N-dealkylation sites (tertiary alicyclic amines) is 1. The van der Waals surface area contributed by atoms with Crippen LogP contribution in [-0.4, -0.2) is 34.1 Å². The number of rotatable bonds is 1. The second kappa shape index (κ2) is 4.26. The number of hydrogen-bond donors (Lipinski definition) is 0. The molecular weight excluding hydrogens is 238 g/mol. The fourth-order valence-electron chi connectivity index (χ4n) is 2.99. The molecule has 1 aliphatic heterocycles. The molecule has 1 aliphatic carbocycles. The molecule has 2 unspecified atom stereocenters. The lowest BCUT2D eigenvalue weighted by Crippen LogP contribution is -2.30. The van der Waals surface area contributed by atoms with Gasteiger partial charge >= 0.3 is 0 Å². The Morgan fingerprint density at radius 1 is 1.24 bits per heavy atom. The van der Waals surface area contributed by atoms with Crippen LogP contribution in [0.15, 0.2) is 12.1 Å². The van der Waals surface area contributed by atoms with E-state index in [0.29, 0.717) is 22.7 Å². The van der Waals surface area contributed by atoms with E-state index in [4.69, 9.17) is 11.6 Å². The fourth-order valence-corrected chi connectivity index (χ4v) is 3.09. The van der Waals surface area contributed by atoms with Gasteiger partial charge in [-0.1, -0.05) is 18.0 Å². The van der Waals surface area contributed by atoms with E-state index in [2.05, 4.69) is 10.2 Å². The van der Waals surface area contributed by atoms with E-state index in [1.807, 2.05) is 4.90 Å². The van der Waals surface area contributed by atoms with Crippen molar-refractivity contribution in [2.75, 3.05) is 13.1 Å². The smallest absolute Gasteiger partial charge is 0.274 e. The van der Waals surface area contributed by atoms with Gasteiger partial charge in [-0.15, -0.1) is 10.2 Å². The molecule has 90 valence electrons. The Hall–Kier alpha value is -1.16. The number of halogens is 1. The first-order valence-electron chi connectivity index (χ1n) is 6.02. The Balaban J connectivity index is 1.73. The first kappa shape index (κ1) is 11.0. The van der Waals surface area contributed by atoms with E-state index in [-0.39, 0.29) is 5.91 Å². The van der Waals surface area contributed by atoms with Crippen LogP contribution in [0.25, 0.3) is 0 Å². The molecule has 1 amide bonds. The predicted octanol–water partition coefficient (Wildman–Crippen LogP) is 2.00. The van der Waals surface area contributed by atoms with Gasteiger partial charge in [0.1, 0.15) is 0 Å². The van der Waals surface area contributed by atoms with Crippen LogP contribution in [0.2, 0.25) is 5.15 Å². The number of amides is 1. The van der Waals surface area contributed by atoms with E-state index < -0.39 is 0 Å². The molecular formula is C12H14ClN3O. The number of fused-ring (bicyclic) bond motifs is 1. The number of aromatic nitrogens is 2. The van der Waals surface area contributed by atoms with Gasteiger partial charge in [-0.3, -0.25) is 4.79 Å². The van der Waals surface area contributed by atoms with E-state index in [1.165, 1.54) is 19.3 Å². The second-order valence-corrected chi connectivity index (χ2v) is 5.29. The van der Waals surface area contributed by atoms with Gasteiger partial charge in [0, 0.05) is 13.1 Å². The summed E-state index contributed by atoms with van der Waals surface area (Å²) >= 11 is 5.66. The van der Waals surface area contributed by atoms with Crippen LogP contribution < -0.4 is 0 Å². The maximum atomic E-state index is 12.2. The molecule has 5 heteroatoms. The third-order valence-corrected chi connectivity index (χ3v) is 4.07. The zero-order valence-corrected chi connectivity index (χ0v) is 10.2. The molecule has 4 nitrogen and oxygen atoms in total. The highest BCUT2D eigenvalue weighted by molar-refractivity contribution is 6.29. The molecule has 0 bridgehead atoms. The van der Waals surface area contributed by atoms with Crippen molar-refractivity contribution in [3.63, 3.8) is 0 Å². The summed E-state index contributed by atoms with van der Waals surface area (Å²) in [5.74, 6) is 1.40. The Morgan fingerprint density at radius 2 is 1.94 bits per heavy atom. The lowest BCUT2D eigenvalue weighted by molar-refractivity contribution is 0.0773. The van der Waals surface area contributed by atoms with Crippen molar-refractivity contribution < 1.29 is 4.79 Å². The molecule has 17 heavy (non-hydrogen) atoms. The van der Waals surface area contributed by atoms with Crippen LogP contribution in [0.1, 0.15) is 29.8 Å². The monoisotopic (exact) mass is 251 g/mol. The topological polar surface area (TPSA) is 46.1 Å². The van der Waals surface area contributed by atoms with Crippen molar-refractivity contribution >= 4 is 17.5 Å². The van der Waals surface area contributed by atoms with Gasteiger partial charge in [0.25, 0.3) is 5.91 Å². The second-order valence-electron chi connectivity index (χ2n) is 4.90. The van der Waals surface area contributed by atoms with Gasteiger partial charge in [0.05, 0.1) is 0 Å². The third-order valence-electron chi connectivity index (χ3n) is 3.86. The summed E-state index contributed by atoms with van der Waals surface area (Å²) in [6, 6.07) is 3.25. The maximum Gasteiger partial charge on any atom is 0.274 e. The Kier molecular flexibility index (Phi) is 2.74. The lowest BCUT2D eigenvalue weighted by atomic mass is 10.0. The number of nitrogens with zero attached hydrogens (tertiary/aromatic N) is 3. The van der Waals surface area contributed by atoms with Gasteiger partial charge in [-0.05, 0) is 36.8 Å². The molecule has 1 saturated heterocycles. The van der Waals surface area contributed by atoms with E-state index in [0.717, 1.165) is 13.1 Å². The Bertz CT molecular complexity index is 422. The van der Waals surface area contributed by atoms with Crippen LogP contribution in [0, 0.1) is 11.8 Å². The van der Waals surface area contributed by atoms with Crippen molar-refractivity contribution in [2.24, 2.45) is 11.8 Å². The average molecular weight is 252 g/mol. The van der Waals surface area contributed by atoms with Crippen molar-refractivity contribution in [1.82, 2.24) is 15.1 Å². The van der Waals surface area contributed by atoms with Crippen LogP contribution in [0.3, 0.4) is 0 Å². The Labute approximate surface area is 105 Å². The molecule has 3 rings (SSSR count). The number of carbonyl (C=O) groups excluding carboxylic acids is 1. The van der Waals surface area contributed by atoms with Crippen LogP contribution >= 0.6 is 11.6 Å². The molecule has 0 radical (unpaired) electrons. The highest BCUT2D eigenvalue weighted by Crippen LogP contribution is 2.37. The molecule has 2 aliphatic rings. The van der Waals surface area contributed by atoms with Gasteiger partial charge in [0.2, 0.25) is 0 Å². The fraction of sp³-hybridized carbons (Fsp3) is 0.583. The standard InChI is InChI=1S/C12H14ClN3O/c13-11-5-4-10(14-15-11)12(17)16-6-8-2-1-3-9(8)7-16/h4-5,8-9H,1-3,6-7H2. The number of hydrogen-bond acceptors (Lipinski definition) is 3. The van der Waals surface area contributed by atoms with Crippen molar-refractivity contribution in [3.8, 4) is 0 Å². The van der Waals surface area contributed by atoms with Gasteiger partial charge in [0.15, 0.2) is 10.8 Å². The molecule has 2 atom stereocenters. The highest BCUT2D eigenvalue weighted by atomic mass is 35.5. The molecule has 0 N–H and O–H groups in total. The molecule has 2 fully saturated rings. The van der Waals surface area contributed by atoms with Gasteiger partial charge in [-0.25, -0.2) is 0 Å². The summed E-state index contributed by atoms with van der Waals surface area (Å²) in [6.45, 7) is 1.77. The minimum absolute atomic E-state index is 0.0106. The molecule has 1 aromatic rings. The normalized spacial score (nSPS) is 27.2. The largest absolute Gasteiger partial charge is 0.337 e. The lowest BCUT2D eigenvalue weighted by Gasteiger charge is -2.16. The van der Waals surface area contributed by atoms with E-state index in [1.54, 1.807) is 12.1 Å². The third kappa shape index (κ3) is 2.02. The highest BCUT2D eigenvalue weighted by Gasteiger charge is 2.38. The van der Waals surface area contributed by atoms with Crippen molar-refractivity contribution in [3.05, 3.63) is 23.0 Å². The summed E-state index contributed by atoms with van der Waals surface area (Å²) in [6.07, 6.45) is 3.85. The SMILES string of the molecule is O=C(c1ccc(Cl)nn1)N1CC2CCCC2C1. The van der Waals surface area contributed by atoms with E-state index in [9.17, 15) is 4.79 Å². The predicted molar refractivity (Wildman–Crippen MR) is 63.8 cm³/mol. The van der Waals surface area contributed by atoms with Gasteiger partial charge < -0.3 is 4.90 Å². The summed E-state index contributed by atoms with van der Waals surface area (Å²) in [5.41, 5.74) is 0.398.